The summed E-state index contributed by atoms with van der Waals surface area (Å²) in [6.45, 7) is 3.25. The number of amides is 1. The van der Waals surface area contributed by atoms with Crippen molar-refractivity contribution in [3.63, 3.8) is 0 Å². The largest absolute Gasteiger partial charge is 0.462 e. The lowest BCUT2D eigenvalue weighted by atomic mass is 9.83. The van der Waals surface area contributed by atoms with Gasteiger partial charge in [-0.3, -0.25) is 4.79 Å². The minimum absolute atomic E-state index is 0.0862. The van der Waals surface area contributed by atoms with Crippen molar-refractivity contribution >= 4 is 17.7 Å². The Balaban J connectivity index is 1.16. The molecule has 0 spiro atoms. The number of aliphatic hydroxyl groups excluding tert-OH is 4. The number of halogens is 1. The third-order valence-corrected chi connectivity index (χ3v) is 7.63. The summed E-state index contributed by atoms with van der Waals surface area (Å²) in [5.41, 5.74) is 1.85. The molecule has 1 aliphatic carbocycles. The highest BCUT2D eigenvalue weighted by atomic mass is 19.1. The second-order valence-electron chi connectivity index (χ2n) is 10.8. The van der Waals surface area contributed by atoms with E-state index in [4.69, 9.17) is 23.8 Å². The molecule has 9 atom stereocenters. The number of aliphatic hydroxyl groups is 4. The molecule has 2 heterocycles. The van der Waals surface area contributed by atoms with Crippen molar-refractivity contribution in [3.8, 4) is 5.75 Å². The van der Waals surface area contributed by atoms with Gasteiger partial charge < -0.3 is 49.5 Å². The van der Waals surface area contributed by atoms with E-state index < -0.39 is 66.8 Å². The second kappa shape index (κ2) is 13.5. The molecule has 1 amide bonds. The molecule has 3 fully saturated rings. The summed E-state index contributed by atoms with van der Waals surface area (Å²) in [5, 5.41) is 48.3. The molecule has 13 heteroatoms. The Morgan fingerprint density at radius 3 is 2.49 bits per heavy atom. The molecule has 3 aliphatic rings. The molecular formula is C30H35FN2O10. The summed E-state index contributed by atoms with van der Waals surface area (Å²) in [4.78, 5) is 18.2. The predicted molar refractivity (Wildman–Crippen MR) is 149 cm³/mol. The number of carbonyl (C=O) groups excluding carboxylic acids is 1. The minimum Gasteiger partial charge on any atom is -0.462 e. The van der Waals surface area contributed by atoms with Crippen molar-refractivity contribution in [2.75, 3.05) is 6.79 Å². The van der Waals surface area contributed by atoms with Crippen LogP contribution < -0.4 is 10.1 Å². The van der Waals surface area contributed by atoms with Gasteiger partial charge in [-0.25, -0.2) is 4.39 Å². The molecule has 2 saturated heterocycles. The van der Waals surface area contributed by atoms with Gasteiger partial charge in [0, 0.05) is 12.0 Å². The normalized spacial score (nSPS) is 32.8. The molecule has 232 valence electrons. The van der Waals surface area contributed by atoms with E-state index in [2.05, 4.69) is 10.5 Å². The van der Waals surface area contributed by atoms with Crippen LogP contribution in [0.5, 0.6) is 5.75 Å². The van der Waals surface area contributed by atoms with E-state index in [9.17, 15) is 29.6 Å². The molecule has 12 nitrogen and oxygen atoms in total. The first kappa shape index (κ1) is 31.0. The Bertz CT molecular complexity index is 1340. The maximum absolute atomic E-state index is 14.9. The Morgan fingerprint density at radius 2 is 1.77 bits per heavy atom. The second-order valence-corrected chi connectivity index (χ2v) is 10.8. The summed E-state index contributed by atoms with van der Waals surface area (Å²) in [7, 11) is 0. The van der Waals surface area contributed by atoms with E-state index in [1.807, 2.05) is 30.3 Å². The lowest BCUT2D eigenvalue weighted by molar-refractivity contribution is -0.155. The van der Waals surface area contributed by atoms with Gasteiger partial charge in [-0.2, -0.15) is 0 Å². The van der Waals surface area contributed by atoms with E-state index in [-0.39, 0.29) is 31.1 Å². The number of oxime groups is 1. The average Bonchev–Trinajstić information content (AvgIpc) is 3.63. The van der Waals surface area contributed by atoms with E-state index in [1.165, 1.54) is 31.2 Å². The molecule has 5 rings (SSSR count). The smallest absolute Gasteiger partial charge is 0.247 e. The van der Waals surface area contributed by atoms with Gasteiger partial charge in [-0.15, -0.1) is 0 Å². The number of fused-ring (bicyclic) bond motifs is 1. The van der Waals surface area contributed by atoms with Crippen LogP contribution in [0.4, 0.5) is 4.39 Å². The maximum Gasteiger partial charge on any atom is 0.247 e. The van der Waals surface area contributed by atoms with Crippen molar-refractivity contribution in [1.82, 2.24) is 5.32 Å². The zero-order valence-corrected chi connectivity index (χ0v) is 23.6. The average molecular weight is 603 g/mol. The summed E-state index contributed by atoms with van der Waals surface area (Å²) < 4.78 is 36.8. The zero-order chi connectivity index (χ0) is 30.7. The van der Waals surface area contributed by atoms with Crippen LogP contribution in [0.1, 0.15) is 31.4 Å². The molecule has 0 bridgehead atoms. The third kappa shape index (κ3) is 7.04. The van der Waals surface area contributed by atoms with Crippen LogP contribution in [0, 0.1) is 5.82 Å². The van der Waals surface area contributed by atoms with Crippen molar-refractivity contribution in [2.45, 2.75) is 81.9 Å². The van der Waals surface area contributed by atoms with Gasteiger partial charge in [-0.05, 0) is 43.2 Å². The molecule has 1 saturated carbocycles. The number of nitrogens with one attached hydrogen (secondary N) is 1. The highest BCUT2D eigenvalue weighted by Gasteiger charge is 2.53. The molecule has 0 unspecified atom stereocenters. The fourth-order valence-electron chi connectivity index (χ4n) is 5.30. The lowest BCUT2D eigenvalue weighted by Crippen LogP contribution is -2.67. The molecule has 5 N–H and O–H groups in total. The van der Waals surface area contributed by atoms with E-state index in [0.29, 0.717) is 11.3 Å². The van der Waals surface area contributed by atoms with Gasteiger partial charge >= 0.3 is 0 Å². The summed E-state index contributed by atoms with van der Waals surface area (Å²) in [6.07, 6.45) is -7.12. The van der Waals surface area contributed by atoms with Crippen LogP contribution in [0.15, 0.2) is 59.3 Å². The number of nitrogens with zero attached hydrogens (tertiary/aromatic N) is 1. The molecule has 2 aromatic carbocycles. The van der Waals surface area contributed by atoms with Gasteiger partial charge in [0.1, 0.15) is 50.0 Å². The maximum atomic E-state index is 14.9. The van der Waals surface area contributed by atoms with Crippen LogP contribution in [0.25, 0.3) is 6.08 Å². The van der Waals surface area contributed by atoms with Gasteiger partial charge in [0.25, 0.3) is 0 Å². The number of benzene rings is 2. The van der Waals surface area contributed by atoms with Crippen molar-refractivity contribution in [3.05, 3.63) is 71.0 Å². The lowest BCUT2D eigenvalue weighted by Gasteiger charge is -2.41. The van der Waals surface area contributed by atoms with Crippen molar-refractivity contribution < 1.29 is 53.4 Å². The zero-order valence-electron chi connectivity index (χ0n) is 23.6. The first-order valence-electron chi connectivity index (χ1n) is 13.9. The first-order chi connectivity index (χ1) is 20.6. The predicted octanol–water partition coefficient (Wildman–Crippen LogP) is 0.999. The van der Waals surface area contributed by atoms with Crippen LogP contribution >= 0.6 is 0 Å². The van der Waals surface area contributed by atoms with Gasteiger partial charge in [0.2, 0.25) is 12.2 Å². The summed E-state index contributed by atoms with van der Waals surface area (Å²) in [5.74, 6) is -1.47. The fraction of sp³-hybridized carbons (Fsp3) is 0.467. The van der Waals surface area contributed by atoms with Gasteiger partial charge in [-0.1, -0.05) is 41.6 Å². The van der Waals surface area contributed by atoms with Crippen molar-refractivity contribution in [1.29, 1.82) is 0 Å². The molecule has 0 aromatic heterocycles. The Labute approximate surface area is 247 Å². The van der Waals surface area contributed by atoms with E-state index in [0.717, 1.165) is 5.56 Å². The molecular weight excluding hydrogens is 567 g/mol. The molecule has 43 heavy (non-hydrogen) atoms. The number of ether oxygens (including phenoxy) is 4. The van der Waals surface area contributed by atoms with Gasteiger partial charge in [0.05, 0.1) is 17.9 Å². The number of rotatable bonds is 9. The fourth-order valence-corrected chi connectivity index (χ4v) is 5.30. The summed E-state index contributed by atoms with van der Waals surface area (Å²) in [6, 6.07) is 12.3. The SMILES string of the molecule is CC(=Cc1ccc(O[C@H]2C[C@H](O)[C@@H](C(C)=NOCc3ccccc3)O2)c(F)c1)C(=O)N[C@@H]1[C@H](O)[C@@H](O)[C@H]2OCO[C@H]2[C@@H]1O. The first-order valence-corrected chi connectivity index (χ1v) is 13.9. The van der Waals surface area contributed by atoms with Crippen LogP contribution in [0.2, 0.25) is 0 Å². The standard InChI is InChI=1S/C30H35FN2O10/c1-15(30(38)32-23-24(35)26(37)29-28(25(23)36)39-14-40-29)10-18-8-9-21(19(31)11-18)42-22-12-20(34)27(43-22)16(2)33-41-13-17-6-4-3-5-7-17/h3-11,20,22-29,34-37H,12-14H2,1-2H3,(H,32,38)/t20-,22+,23+,24-,25+,26+,27+,28-,29+/m0/s1. The van der Waals surface area contributed by atoms with Gasteiger partial charge in [0.15, 0.2) is 11.6 Å². The highest BCUT2D eigenvalue weighted by molar-refractivity contribution is 5.97. The third-order valence-electron chi connectivity index (χ3n) is 7.63. The Kier molecular flexibility index (Phi) is 9.72. The highest BCUT2D eigenvalue weighted by Crippen LogP contribution is 2.31. The quantitative estimate of drug-likeness (QED) is 0.159. The molecule has 0 radical (unpaired) electrons. The van der Waals surface area contributed by atoms with Crippen molar-refractivity contribution in [2.24, 2.45) is 5.16 Å². The Morgan fingerprint density at radius 1 is 1.05 bits per heavy atom. The number of carbonyl (C=O) groups is 1. The van der Waals surface area contributed by atoms with Crippen LogP contribution in [-0.2, 0) is 30.4 Å². The summed E-state index contributed by atoms with van der Waals surface area (Å²) >= 11 is 0. The Hall–Kier alpha value is -3.43. The van der Waals surface area contributed by atoms with E-state index >= 15 is 0 Å². The molecule has 2 aliphatic heterocycles. The van der Waals surface area contributed by atoms with E-state index in [1.54, 1.807) is 6.92 Å². The topological polar surface area (TPSA) is 169 Å². The monoisotopic (exact) mass is 602 g/mol. The number of hydrogen-bond acceptors (Lipinski definition) is 11. The van der Waals surface area contributed by atoms with Crippen LogP contribution in [0.3, 0.4) is 0 Å². The molecule has 2 aromatic rings. The number of hydrogen-bond donors (Lipinski definition) is 5. The minimum atomic E-state index is -1.49. The van der Waals surface area contributed by atoms with Crippen LogP contribution in [-0.4, -0.2) is 93.9 Å².